The first-order valence-electron chi connectivity index (χ1n) is 7.99. The van der Waals surface area contributed by atoms with E-state index in [1.807, 2.05) is 18.2 Å². The smallest absolute Gasteiger partial charge is 0.160 e. The molecule has 4 heteroatoms. The fourth-order valence-electron chi connectivity index (χ4n) is 3.48. The number of hydrogen-bond acceptors (Lipinski definition) is 4. The second-order valence-corrected chi connectivity index (χ2v) is 5.92. The number of ether oxygens (including phenoxy) is 1. The Labute approximate surface area is 127 Å². The quantitative estimate of drug-likeness (QED) is 0.846. The standard InChI is InChI=1S/C17H28N2O2/c1-3-19(15-7-5-4-6-14(15)11-18)12-13-8-9-17(21-2)16(20)10-13/h8-10,14-15,20H,3-7,11-12,18H2,1-2H3. The van der Waals surface area contributed by atoms with Gasteiger partial charge in [0.05, 0.1) is 7.11 Å². The van der Waals surface area contributed by atoms with E-state index in [4.69, 9.17) is 10.5 Å². The van der Waals surface area contributed by atoms with Crippen molar-refractivity contribution in [3.63, 3.8) is 0 Å². The number of aromatic hydroxyl groups is 1. The molecule has 0 spiro atoms. The summed E-state index contributed by atoms with van der Waals surface area (Å²) >= 11 is 0. The van der Waals surface area contributed by atoms with Crippen molar-refractivity contribution in [3.05, 3.63) is 23.8 Å². The fraction of sp³-hybridized carbons (Fsp3) is 0.647. The average molecular weight is 292 g/mol. The van der Waals surface area contributed by atoms with E-state index in [1.165, 1.54) is 25.7 Å². The van der Waals surface area contributed by atoms with E-state index >= 15 is 0 Å². The highest BCUT2D eigenvalue weighted by molar-refractivity contribution is 5.41. The minimum atomic E-state index is 0.213. The van der Waals surface area contributed by atoms with Crippen molar-refractivity contribution in [1.29, 1.82) is 0 Å². The van der Waals surface area contributed by atoms with Gasteiger partial charge in [-0.25, -0.2) is 0 Å². The monoisotopic (exact) mass is 292 g/mol. The van der Waals surface area contributed by atoms with Crippen molar-refractivity contribution >= 4 is 0 Å². The van der Waals surface area contributed by atoms with Gasteiger partial charge in [0.15, 0.2) is 11.5 Å². The van der Waals surface area contributed by atoms with Gasteiger partial charge in [0.25, 0.3) is 0 Å². The Hall–Kier alpha value is -1.26. The fourth-order valence-corrected chi connectivity index (χ4v) is 3.48. The van der Waals surface area contributed by atoms with Gasteiger partial charge in [0.1, 0.15) is 0 Å². The summed E-state index contributed by atoms with van der Waals surface area (Å²) in [6.07, 6.45) is 5.08. The van der Waals surface area contributed by atoms with Crippen LogP contribution in [-0.2, 0) is 6.54 Å². The first-order chi connectivity index (χ1) is 10.2. The predicted molar refractivity (Wildman–Crippen MR) is 85.5 cm³/mol. The van der Waals surface area contributed by atoms with Crippen molar-refractivity contribution in [2.45, 2.75) is 45.2 Å². The van der Waals surface area contributed by atoms with Crippen LogP contribution in [0.25, 0.3) is 0 Å². The normalized spacial score (nSPS) is 22.5. The predicted octanol–water partition coefficient (Wildman–Crippen LogP) is 2.74. The van der Waals surface area contributed by atoms with Crippen molar-refractivity contribution in [2.24, 2.45) is 11.7 Å². The van der Waals surface area contributed by atoms with E-state index in [1.54, 1.807) is 7.11 Å². The molecule has 1 aliphatic carbocycles. The molecule has 2 unspecified atom stereocenters. The third kappa shape index (κ3) is 3.89. The van der Waals surface area contributed by atoms with Gasteiger partial charge < -0.3 is 15.6 Å². The lowest BCUT2D eigenvalue weighted by molar-refractivity contribution is 0.105. The summed E-state index contributed by atoms with van der Waals surface area (Å²) < 4.78 is 5.10. The molecule has 1 aliphatic rings. The van der Waals surface area contributed by atoms with Crippen LogP contribution >= 0.6 is 0 Å². The van der Waals surface area contributed by atoms with E-state index in [0.29, 0.717) is 17.7 Å². The lowest BCUT2D eigenvalue weighted by atomic mass is 9.83. The van der Waals surface area contributed by atoms with Gasteiger partial charge in [-0.1, -0.05) is 25.8 Å². The Bertz CT molecular complexity index is 450. The Morgan fingerprint density at radius 1 is 1.33 bits per heavy atom. The zero-order valence-corrected chi connectivity index (χ0v) is 13.2. The number of nitrogens with two attached hydrogens (primary N) is 1. The molecule has 1 aromatic rings. The Morgan fingerprint density at radius 3 is 2.71 bits per heavy atom. The summed E-state index contributed by atoms with van der Waals surface area (Å²) in [5.41, 5.74) is 7.08. The molecular formula is C17H28N2O2. The van der Waals surface area contributed by atoms with E-state index in [0.717, 1.165) is 25.2 Å². The molecule has 0 amide bonds. The molecule has 2 rings (SSSR count). The Morgan fingerprint density at radius 2 is 2.10 bits per heavy atom. The zero-order chi connectivity index (χ0) is 15.2. The third-order valence-corrected chi connectivity index (χ3v) is 4.68. The summed E-state index contributed by atoms with van der Waals surface area (Å²) in [5.74, 6) is 1.34. The minimum absolute atomic E-state index is 0.213. The molecular weight excluding hydrogens is 264 g/mol. The van der Waals surface area contributed by atoms with Gasteiger partial charge in [0, 0.05) is 12.6 Å². The third-order valence-electron chi connectivity index (χ3n) is 4.68. The Balaban J connectivity index is 2.09. The highest BCUT2D eigenvalue weighted by Crippen LogP contribution is 2.31. The molecule has 4 nitrogen and oxygen atoms in total. The number of phenols is 1. The average Bonchev–Trinajstić information content (AvgIpc) is 2.52. The maximum atomic E-state index is 9.92. The summed E-state index contributed by atoms with van der Waals surface area (Å²) in [6.45, 7) is 4.84. The van der Waals surface area contributed by atoms with Gasteiger partial charge in [-0.3, -0.25) is 4.90 Å². The topological polar surface area (TPSA) is 58.7 Å². The van der Waals surface area contributed by atoms with E-state index < -0.39 is 0 Å². The maximum absolute atomic E-state index is 9.92. The number of nitrogens with zero attached hydrogens (tertiary/aromatic N) is 1. The van der Waals surface area contributed by atoms with Crippen LogP contribution in [0.15, 0.2) is 18.2 Å². The molecule has 0 radical (unpaired) electrons. The Kier molecular flexibility index (Phi) is 5.88. The number of benzene rings is 1. The molecule has 21 heavy (non-hydrogen) atoms. The van der Waals surface area contributed by atoms with Gasteiger partial charge in [-0.05, 0) is 49.5 Å². The van der Waals surface area contributed by atoms with Crippen molar-refractivity contribution in [1.82, 2.24) is 4.90 Å². The molecule has 0 aliphatic heterocycles. The van der Waals surface area contributed by atoms with Gasteiger partial charge in [-0.15, -0.1) is 0 Å². The van der Waals surface area contributed by atoms with Crippen molar-refractivity contribution < 1.29 is 9.84 Å². The zero-order valence-electron chi connectivity index (χ0n) is 13.2. The molecule has 1 saturated carbocycles. The lowest BCUT2D eigenvalue weighted by Crippen LogP contribution is -2.44. The minimum Gasteiger partial charge on any atom is -0.504 e. The van der Waals surface area contributed by atoms with Crippen LogP contribution < -0.4 is 10.5 Å². The highest BCUT2D eigenvalue weighted by Gasteiger charge is 2.28. The molecule has 0 heterocycles. The van der Waals surface area contributed by atoms with Crippen LogP contribution in [0.2, 0.25) is 0 Å². The van der Waals surface area contributed by atoms with Crippen LogP contribution in [-0.4, -0.2) is 36.2 Å². The van der Waals surface area contributed by atoms with Gasteiger partial charge in [0.2, 0.25) is 0 Å². The van der Waals surface area contributed by atoms with Crippen molar-refractivity contribution in [2.75, 3.05) is 20.2 Å². The number of rotatable bonds is 6. The lowest BCUT2D eigenvalue weighted by Gasteiger charge is -2.39. The maximum Gasteiger partial charge on any atom is 0.160 e. The summed E-state index contributed by atoms with van der Waals surface area (Å²) in [6, 6.07) is 6.24. The van der Waals surface area contributed by atoms with E-state index in [9.17, 15) is 5.11 Å². The largest absolute Gasteiger partial charge is 0.504 e. The molecule has 2 atom stereocenters. The second-order valence-electron chi connectivity index (χ2n) is 5.92. The molecule has 1 fully saturated rings. The van der Waals surface area contributed by atoms with Crippen LogP contribution in [0, 0.1) is 5.92 Å². The van der Waals surface area contributed by atoms with Gasteiger partial charge >= 0.3 is 0 Å². The van der Waals surface area contributed by atoms with Crippen LogP contribution in [0.5, 0.6) is 11.5 Å². The van der Waals surface area contributed by atoms with E-state index in [-0.39, 0.29) is 5.75 Å². The number of methoxy groups -OCH3 is 1. The highest BCUT2D eigenvalue weighted by atomic mass is 16.5. The first-order valence-corrected chi connectivity index (χ1v) is 7.99. The summed E-state index contributed by atoms with van der Waals surface area (Å²) in [5, 5.41) is 9.92. The van der Waals surface area contributed by atoms with Crippen LogP contribution in [0.3, 0.4) is 0 Å². The molecule has 0 saturated heterocycles. The van der Waals surface area contributed by atoms with Gasteiger partial charge in [-0.2, -0.15) is 0 Å². The number of phenolic OH excluding ortho intramolecular Hbond substituents is 1. The van der Waals surface area contributed by atoms with Crippen molar-refractivity contribution in [3.8, 4) is 11.5 Å². The second kappa shape index (κ2) is 7.66. The molecule has 1 aromatic carbocycles. The van der Waals surface area contributed by atoms with E-state index in [2.05, 4.69) is 11.8 Å². The summed E-state index contributed by atoms with van der Waals surface area (Å²) in [7, 11) is 1.57. The van der Waals surface area contributed by atoms with Crippen LogP contribution in [0.4, 0.5) is 0 Å². The summed E-state index contributed by atoms with van der Waals surface area (Å²) in [4.78, 5) is 2.50. The SMILES string of the molecule is CCN(Cc1ccc(OC)c(O)c1)C1CCCCC1CN. The first kappa shape index (κ1) is 16.1. The molecule has 118 valence electrons. The molecule has 3 N–H and O–H groups in total. The number of hydrogen-bond donors (Lipinski definition) is 2. The molecule has 0 bridgehead atoms. The van der Waals surface area contributed by atoms with Crippen LogP contribution in [0.1, 0.15) is 38.2 Å². The molecule has 0 aromatic heterocycles.